The van der Waals surface area contributed by atoms with Crippen molar-refractivity contribution in [2.75, 3.05) is 18.8 Å². The Morgan fingerprint density at radius 3 is 2.76 bits per heavy atom. The van der Waals surface area contributed by atoms with E-state index < -0.39 is 27.5 Å². The minimum Gasteiger partial charge on any atom is -0.391 e. The highest BCUT2D eigenvalue weighted by Gasteiger charge is 2.19. The van der Waals surface area contributed by atoms with Crippen molar-refractivity contribution in [2.24, 2.45) is 0 Å². The molecule has 1 atom stereocenters. The molecular formula is C11H16FNO3S. The Labute approximate surface area is 100 Å². The highest BCUT2D eigenvalue weighted by atomic mass is 32.2. The number of sulfone groups is 1. The van der Waals surface area contributed by atoms with E-state index in [0.29, 0.717) is 6.54 Å². The van der Waals surface area contributed by atoms with E-state index in [4.69, 9.17) is 0 Å². The molecule has 0 aliphatic heterocycles. The molecule has 0 spiro atoms. The number of likely N-dealkylation sites (N-methyl/N-ethyl adjacent to an activating group) is 1. The van der Waals surface area contributed by atoms with Crippen LogP contribution in [0.4, 0.5) is 4.39 Å². The zero-order valence-electron chi connectivity index (χ0n) is 9.56. The summed E-state index contributed by atoms with van der Waals surface area (Å²) in [5.41, 5.74) is 0. The second-order valence-electron chi connectivity index (χ2n) is 3.70. The van der Waals surface area contributed by atoms with Crippen LogP contribution in [0.5, 0.6) is 0 Å². The lowest BCUT2D eigenvalue weighted by Gasteiger charge is -2.11. The SMILES string of the molecule is CCNCC(O)CS(=O)(=O)c1cccc(F)c1. The standard InChI is InChI=1S/C11H16FNO3S/c1-2-13-7-10(14)8-17(15,16)11-5-3-4-9(12)6-11/h3-6,10,13-14H,2,7-8H2,1H3. The topological polar surface area (TPSA) is 66.4 Å². The van der Waals surface area contributed by atoms with Gasteiger partial charge in [-0.2, -0.15) is 0 Å². The van der Waals surface area contributed by atoms with Crippen molar-refractivity contribution >= 4 is 9.84 Å². The summed E-state index contributed by atoms with van der Waals surface area (Å²) in [7, 11) is -3.64. The molecule has 2 N–H and O–H groups in total. The van der Waals surface area contributed by atoms with Gasteiger partial charge in [0.25, 0.3) is 0 Å². The molecule has 1 aromatic rings. The second kappa shape index (κ2) is 6.09. The maximum absolute atomic E-state index is 12.9. The van der Waals surface area contributed by atoms with Gasteiger partial charge in [-0.15, -0.1) is 0 Å². The van der Waals surface area contributed by atoms with Crippen LogP contribution >= 0.6 is 0 Å². The van der Waals surface area contributed by atoms with Crippen LogP contribution in [0.15, 0.2) is 29.2 Å². The van der Waals surface area contributed by atoms with E-state index in [1.807, 2.05) is 6.92 Å². The minimum absolute atomic E-state index is 0.104. The van der Waals surface area contributed by atoms with E-state index in [9.17, 15) is 17.9 Å². The molecule has 0 saturated carbocycles. The van der Waals surface area contributed by atoms with Crippen LogP contribution in [0.1, 0.15) is 6.92 Å². The van der Waals surface area contributed by atoms with Gasteiger partial charge in [-0.3, -0.25) is 0 Å². The summed E-state index contributed by atoms with van der Waals surface area (Å²) in [5.74, 6) is -1.02. The molecule has 0 radical (unpaired) electrons. The van der Waals surface area contributed by atoms with Gasteiger partial charge in [-0.25, -0.2) is 12.8 Å². The largest absolute Gasteiger partial charge is 0.391 e. The van der Waals surface area contributed by atoms with Gasteiger partial charge in [0.2, 0.25) is 0 Å². The quantitative estimate of drug-likeness (QED) is 0.785. The third-order valence-corrected chi connectivity index (χ3v) is 3.99. The van der Waals surface area contributed by atoms with Crippen molar-refractivity contribution in [2.45, 2.75) is 17.9 Å². The predicted molar refractivity (Wildman–Crippen MR) is 63.0 cm³/mol. The molecule has 4 nitrogen and oxygen atoms in total. The highest BCUT2D eigenvalue weighted by Crippen LogP contribution is 2.13. The summed E-state index contributed by atoms with van der Waals surface area (Å²) in [6, 6.07) is 4.78. The summed E-state index contributed by atoms with van der Waals surface area (Å²) in [6.45, 7) is 2.70. The van der Waals surface area contributed by atoms with Crippen molar-refractivity contribution in [3.63, 3.8) is 0 Å². The molecule has 17 heavy (non-hydrogen) atoms. The van der Waals surface area contributed by atoms with E-state index in [1.54, 1.807) is 0 Å². The van der Waals surface area contributed by atoms with Crippen LogP contribution in [0.3, 0.4) is 0 Å². The van der Waals surface area contributed by atoms with E-state index in [2.05, 4.69) is 5.32 Å². The summed E-state index contributed by atoms with van der Waals surface area (Å²) >= 11 is 0. The lowest BCUT2D eigenvalue weighted by molar-refractivity contribution is 0.194. The van der Waals surface area contributed by atoms with Crippen molar-refractivity contribution < 1.29 is 17.9 Å². The molecule has 0 fully saturated rings. The molecule has 0 amide bonds. The third-order valence-electron chi connectivity index (χ3n) is 2.20. The minimum atomic E-state index is -3.64. The predicted octanol–water partition coefficient (Wildman–Crippen LogP) is 0.570. The molecule has 1 unspecified atom stereocenters. The third kappa shape index (κ3) is 4.41. The van der Waals surface area contributed by atoms with Gasteiger partial charge in [-0.05, 0) is 24.7 Å². The monoisotopic (exact) mass is 261 g/mol. The van der Waals surface area contributed by atoms with Gasteiger partial charge in [0.05, 0.1) is 16.8 Å². The number of hydrogen-bond acceptors (Lipinski definition) is 4. The number of hydrogen-bond donors (Lipinski definition) is 2. The molecule has 0 saturated heterocycles. The molecule has 6 heteroatoms. The zero-order valence-corrected chi connectivity index (χ0v) is 10.4. The first-order valence-corrected chi connectivity index (χ1v) is 6.98. The Morgan fingerprint density at radius 1 is 1.47 bits per heavy atom. The van der Waals surface area contributed by atoms with Gasteiger partial charge in [0.15, 0.2) is 9.84 Å². The molecule has 0 aliphatic rings. The summed E-state index contributed by atoms with van der Waals surface area (Å²) in [6.07, 6.45) is -0.997. The van der Waals surface area contributed by atoms with E-state index in [1.165, 1.54) is 18.2 Å². The first-order chi connectivity index (χ1) is 7.95. The molecule has 0 bridgehead atoms. The van der Waals surface area contributed by atoms with Gasteiger partial charge in [0.1, 0.15) is 5.82 Å². The number of halogens is 1. The fourth-order valence-corrected chi connectivity index (χ4v) is 2.77. The van der Waals surface area contributed by atoms with Crippen LogP contribution in [-0.2, 0) is 9.84 Å². The summed E-state index contributed by atoms with van der Waals surface area (Å²) in [5, 5.41) is 12.4. The zero-order chi connectivity index (χ0) is 12.9. The number of nitrogens with one attached hydrogen (secondary N) is 1. The average Bonchev–Trinajstić information content (AvgIpc) is 2.26. The smallest absolute Gasteiger partial charge is 0.181 e. The number of rotatable bonds is 6. The lowest BCUT2D eigenvalue weighted by atomic mass is 10.3. The van der Waals surface area contributed by atoms with E-state index >= 15 is 0 Å². The molecule has 1 rings (SSSR count). The first-order valence-electron chi connectivity index (χ1n) is 5.33. The van der Waals surface area contributed by atoms with Crippen LogP contribution in [0, 0.1) is 5.82 Å². The van der Waals surface area contributed by atoms with E-state index in [0.717, 1.165) is 6.07 Å². The summed E-state index contributed by atoms with van der Waals surface area (Å²) in [4.78, 5) is -0.104. The highest BCUT2D eigenvalue weighted by molar-refractivity contribution is 7.91. The fraction of sp³-hybridized carbons (Fsp3) is 0.455. The van der Waals surface area contributed by atoms with Gasteiger partial charge >= 0.3 is 0 Å². The molecule has 1 aromatic carbocycles. The molecule has 96 valence electrons. The van der Waals surface area contributed by atoms with Crippen molar-refractivity contribution in [3.8, 4) is 0 Å². The van der Waals surface area contributed by atoms with Crippen LogP contribution in [0.2, 0.25) is 0 Å². The Hall–Kier alpha value is -0.980. The first kappa shape index (κ1) is 14.1. The second-order valence-corrected chi connectivity index (χ2v) is 5.73. The van der Waals surface area contributed by atoms with Crippen molar-refractivity contribution in [1.82, 2.24) is 5.32 Å². The lowest BCUT2D eigenvalue weighted by Crippen LogP contribution is -2.32. The Bertz CT molecular complexity index is 462. The van der Waals surface area contributed by atoms with Crippen LogP contribution in [-0.4, -0.2) is 38.5 Å². The normalized spacial score (nSPS) is 13.6. The molecular weight excluding hydrogens is 245 g/mol. The van der Waals surface area contributed by atoms with Crippen molar-refractivity contribution in [3.05, 3.63) is 30.1 Å². The molecule has 0 heterocycles. The van der Waals surface area contributed by atoms with Crippen LogP contribution < -0.4 is 5.32 Å². The Morgan fingerprint density at radius 2 is 2.18 bits per heavy atom. The molecule has 0 aliphatic carbocycles. The van der Waals surface area contributed by atoms with Crippen molar-refractivity contribution in [1.29, 1.82) is 0 Å². The van der Waals surface area contributed by atoms with E-state index in [-0.39, 0.29) is 11.4 Å². The maximum Gasteiger partial charge on any atom is 0.181 e. The number of benzene rings is 1. The van der Waals surface area contributed by atoms with Gasteiger partial charge < -0.3 is 10.4 Å². The van der Waals surface area contributed by atoms with Gasteiger partial charge in [0, 0.05) is 6.54 Å². The fourth-order valence-electron chi connectivity index (χ4n) is 1.38. The van der Waals surface area contributed by atoms with Gasteiger partial charge in [-0.1, -0.05) is 13.0 Å². The number of aliphatic hydroxyl groups excluding tert-OH is 1. The van der Waals surface area contributed by atoms with Crippen LogP contribution in [0.25, 0.3) is 0 Å². The Balaban J connectivity index is 2.75. The maximum atomic E-state index is 12.9. The number of aliphatic hydroxyl groups is 1. The molecule has 0 aromatic heterocycles. The Kier molecular flexibility index (Phi) is 5.04. The average molecular weight is 261 g/mol. The summed E-state index contributed by atoms with van der Waals surface area (Å²) < 4.78 is 36.5.